The topological polar surface area (TPSA) is 55.8 Å². The molecule has 0 aromatic heterocycles. The third kappa shape index (κ3) is 16.1. The zero-order valence-corrected chi connectivity index (χ0v) is 7.58. The van der Waals surface area contributed by atoms with Gasteiger partial charge in [0.25, 0.3) is 0 Å². The molecule has 0 amide bonds. The van der Waals surface area contributed by atoms with E-state index in [-0.39, 0.29) is 6.61 Å². The van der Waals surface area contributed by atoms with E-state index in [9.17, 15) is 4.79 Å². The average molecular weight is 176 g/mol. The van der Waals surface area contributed by atoms with E-state index >= 15 is 0 Å². The number of hydrogen-bond donors (Lipinski definition) is 1. The average Bonchev–Trinajstić information content (AvgIpc) is 2.14. The molecule has 0 atom stereocenters. The normalized spacial score (nSPS) is 7.92. The van der Waals surface area contributed by atoms with Gasteiger partial charge in [-0.15, -0.1) is 0 Å². The van der Waals surface area contributed by atoms with E-state index < -0.39 is 5.97 Å². The maximum absolute atomic E-state index is 9.84. The minimum atomic E-state index is -0.394. The minimum Gasteiger partial charge on any atom is -0.466 e. The van der Waals surface area contributed by atoms with E-state index in [1.807, 2.05) is 6.92 Å². The van der Waals surface area contributed by atoms with Gasteiger partial charge in [0.05, 0.1) is 20.3 Å². The van der Waals surface area contributed by atoms with Gasteiger partial charge in [0, 0.05) is 12.7 Å². The lowest BCUT2D eigenvalue weighted by molar-refractivity contribution is -0.134. The molecule has 0 bridgehead atoms. The van der Waals surface area contributed by atoms with Gasteiger partial charge in [0.15, 0.2) is 0 Å². The summed E-state index contributed by atoms with van der Waals surface area (Å²) in [4.78, 5) is 9.84. The second-order valence-electron chi connectivity index (χ2n) is 1.65. The quantitative estimate of drug-likeness (QED) is 0.382. The van der Waals surface area contributed by atoms with Crippen molar-refractivity contribution in [1.82, 2.24) is 0 Å². The molecule has 0 heterocycles. The van der Waals surface area contributed by atoms with Gasteiger partial charge in [-0.05, 0) is 6.92 Å². The highest BCUT2D eigenvalue weighted by atomic mass is 16.5. The number of rotatable bonds is 4. The number of carbonyl (C=O) groups is 1. The maximum atomic E-state index is 9.84. The summed E-state index contributed by atoms with van der Waals surface area (Å²) in [6, 6.07) is 0. The summed E-state index contributed by atoms with van der Waals surface area (Å²) >= 11 is 0. The first-order valence-electron chi connectivity index (χ1n) is 3.61. The summed E-state index contributed by atoms with van der Waals surface area (Å²) in [7, 11) is 1.31. The van der Waals surface area contributed by atoms with Gasteiger partial charge < -0.3 is 14.6 Å². The Hall–Kier alpha value is -0.870. The van der Waals surface area contributed by atoms with Gasteiger partial charge in [-0.1, -0.05) is 6.58 Å². The van der Waals surface area contributed by atoms with Gasteiger partial charge in [-0.3, -0.25) is 0 Å². The highest BCUT2D eigenvalue weighted by Gasteiger charge is 1.81. The summed E-state index contributed by atoms with van der Waals surface area (Å²) in [6.45, 7) is 6.35. The lowest BCUT2D eigenvalue weighted by atomic mass is 10.7. The van der Waals surface area contributed by atoms with Crippen LogP contribution in [0.25, 0.3) is 0 Å². The Balaban J connectivity index is 0. The molecule has 72 valence electrons. The molecule has 0 unspecified atom stereocenters. The fourth-order valence-corrected chi connectivity index (χ4v) is 0.292. The lowest BCUT2D eigenvalue weighted by Gasteiger charge is -1.91. The monoisotopic (exact) mass is 176 g/mol. The predicted octanol–water partition coefficient (Wildman–Crippen LogP) is 0.361. The summed E-state index contributed by atoms with van der Waals surface area (Å²) in [6.07, 6.45) is 1.11. The molecule has 0 radical (unpaired) electrons. The van der Waals surface area contributed by atoms with Crippen molar-refractivity contribution in [2.75, 3.05) is 26.9 Å². The smallest absolute Gasteiger partial charge is 0.329 e. The Morgan fingerprint density at radius 1 is 1.67 bits per heavy atom. The number of aliphatic hydroxyl groups excluding tert-OH is 1. The third-order valence-corrected chi connectivity index (χ3v) is 0.808. The second-order valence-corrected chi connectivity index (χ2v) is 1.65. The third-order valence-electron chi connectivity index (χ3n) is 0.808. The van der Waals surface area contributed by atoms with Crippen LogP contribution in [0.3, 0.4) is 0 Å². The number of aliphatic hydroxyl groups is 1. The SMILES string of the molecule is C=CC(=O)OC.CCOCCO. The number of esters is 1. The molecule has 12 heavy (non-hydrogen) atoms. The van der Waals surface area contributed by atoms with Gasteiger partial charge in [0.1, 0.15) is 0 Å². The zero-order valence-electron chi connectivity index (χ0n) is 7.58. The Kier molecular flexibility index (Phi) is 14.6. The van der Waals surface area contributed by atoms with E-state index in [4.69, 9.17) is 9.84 Å². The van der Waals surface area contributed by atoms with Crippen LogP contribution in [-0.2, 0) is 14.3 Å². The Morgan fingerprint density at radius 2 is 2.25 bits per heavy atom. The summed E-state index contributed by atoms with van der Waals surface area (Å²) in [5.41, 5.74) is 0. The molecule has 0 aromatic carbocycles. The lowest BCUT2D eigenvalue weighted by Crippen LogP contribution is -1.96. The summed E-state index contributed by atoms with van der Waals surface area (Å²) in [5, 5.41) is 8.07. The molecule has 0 saturated heterocycles. The molecule has 0 fully saturated rings. The van der Waals surface area contributed by atoms with E-state index in [1.165, 1.54) is 7.11 Å². The summed E-state index contributed by atoms with van der Waals surface area (Å²) < 4.78 is 8.88. The molecule has 0 rings (SSSR count). The van der Waals surface area contributed by atoms with Crippen molar-refractivity contribution >= 4 is 5.97 Å². The van der Waals surface area contributed by atoms with Crippen molar-refractivity contribution in [2.45, 2.75) is 6.92 Å². The molecular weight excluding hydrogens is 160 g/mol. The van der Waals surface area contributed by atoms with Crippen LogP contribution in [0.5, 0.6) is 0 Å². The van der Waals surface area contributed by atoms with Crippen LogP contribution in [0.15, 0.2) is 12.7 Å². The minimum absolute atomic E-state index is 0.133. The molecule has 4 nitrogen and oxygen atoms in total. The van der Waals surface area contributed by atoms with Crippen molar-refractivity contribution in [3.63, 3.8) is 0 Å². The van der Waals surface area contributed by atoms with E-state index in [0.29, 0.717) is 13.2 Å². The molecule has 0 spiro atoms. The van der Waals surface area contributed by atoms with Crippen LogP contribution >= 0.6 is 0 Å². The highest BCUT2D eigenvalue weighted by Crippen LogP contribution is 1.67. The molecule has 0 aromatic rings. The van der Waals surface area contributed by atoms with Crippen LogP contribution < -0.4 is 0 Å². The molecule has 4 heteroatoms. The van der Waals surface area contributed by atoms with Crippen molar-refractivity contribution in [2.24, 2.45) is 0 Å². The van der Waals surface area contributed by atoms with E-state index in [0.717, 1.165) is 6.08 Å². The van der Waals surface area contributed by atoms with Crippen LogP contribution in [-0.4, -0.2) is 38.0 Å². The fourth-order valence-electron chi connectivity index (χ4n) is 0.292. The van der Waals surface area contributed by atoms with Crippen molar-refractivity contribution in [1.29, 1.82) is 0 Å². The molecule has 0 aliphatic heterocycles. The van der Waals surface area contributed by atoms with Crippen molar-refractivity contribution in [3.05, 3.63) is 12.7 Å². The van der Waals surface area contributed by atoms with Gasteiger partial charge in [0.2, 0.25) is 0 Å². The van der Waals surface area contributed by atoms with Gasteiger partial charge in [-0.2, -0.15) is 0 Å². The second kappa shape index (κ2) is 12.8. The Labute approximate surface area is 72.8 Å². The largest absolute Gasteiger partial charge is 0.466 e. The number of hydrogen-bond acceptors (Lipinski definition) is 4. The van der Waals surface area contributed by atoms with Crippen LogP contribution in [0.1, 0.15) is 6.92 Å². The van der Waals surface area contributed by atoms with Gasteiger partial charge in [-0.25, -0.2) is 4.79 Å². The maximum Gasteiger partial charge on any atom is 0.329 e. The van der Waals surface area contributed by atoms with Crippen LogP contribution in [0.2, 0.25) is 0 Å². The van der Waals surface area contributed by atoms with Crippen molar-refractivity contribution < 1.29 is 19.4 Å². The number of ether oxygens (including phenoxy) is 2. The van der Waals surface area contributed by atoms with Gasteiger partial charge >= 0.3 is 5.97 Å². The molecule has 0 aliphatic rings. The first-order chi connectivity index (χ1) is 5.72. The summed E-state index contributed by atoms with van der Waals surface area (Å²) in [5.74, 6) is -0.394. The number of carbonyl (C=O) groups excluding carboxylic acids is 1. The first-order valence-corrected chi connectivity index (χ1v) is 3.61. The first kappa shape index (κ1) is 13.7. The van der Waals surface area contributed by atoms with E-state index in [1.54, 1.807) is 0 Å². The predicted molar refractivity (Wildman–Crippen MR) is 45.8 cm³/mol. The molecule has 0 aliphatic carbocycles. The molecule has 1 N–H and O–H groups in total. The zero-order chi connectivity index (χ0) is 9.82. The highest BCUT2D eigenvalue weighted by molar-refractivity contribution is 5.80. The Bertz CT molecular complexity index is 108. The molecule has 0 saturated carbocycles. The standard InChI is InChI=1S/C4H6O2.C4H10O2/c1-3-4(5)6-2;1-2-6-4-3-5/h3H,1H2,2H3;5H,2-4H2,1H3. The molecular formula is C8H16O4. The fraction of sp³-hybridized carbons (Fsp3) is 0.625. The van der Waals surface area contributed by atoms with Crippen molar-refractivity contribution in [3.8, 4) is 0 Å². The van der Waals surface area contributed by atoms with Crippen LogP contribution in [0, 0.1) is 0 Å². The Morgan fingerprint density at radius 3 is 2.33 bits per heavy atom. The van der Waals surface area contributed by atoms with E-state index in [2.05, 4.69) is 11.3 Å². The van der Waals surface area contributed by atoms with Crippen LogP contribution in [0.4, 0.5) is 0 Å². The number of methoxy groups -OCH3 is 1.